The lowest BCUT2D eigenvalue weighted by Gasteiger charge is -2.19. The number of rotatable bonds is 3. The first kappa shape index (κ1) is 11.6. The summed E-state index contributed by atoms with van der Waals surface area (Å²) in [5, 5.41) is 1.34. The van der Waals surface area contributed by atoms with Crippen LogP contribution in [0.25, 0.3) is 10.9 Å². The van der Waals surface area contributed by atoms with Crippen molar-refractivity contribution in [2.24, 2.45) is 5.73 Å². The van der Waals surface area contributed by atoms with Gasteiger partial charge in [-0.25, -0.2) is 0 Å². The van der Waals surface area contributed by atoms with Gasteiger partial charge in [-0.15, -0.1) is 0 Å². The van der Waals surface area contributed by atoms with Crippen molar-refractivity contribution in [3.63, 3.8) is 0 Å². The molecule has 3 N–H and O–H groups in total. The number of aromatic nitrogens is 1. The Labute approximate surface area is 107 Å². The minimum atomic E-state index is 0.240. The summed E-state index contributed by atoms with van der Waals surface area (Å²) in [5.41, 5.74) is 9.99. The number of aryl methyl sites for hydroxylation is 1. The van der Waals surface area contributed by atoms with Gasteiger partial charge in [-0.05, 0) is 43.4 Å². The Kier molecular flexibility index (Phi) is 3.00. The summed E-state index contributed by atoms with van der Waals surface area (Å²) in [6.45, 7) is 2.98. The molecule has 18 heavy (non-hydrogen) atoms. The molecule has 1 aromatic heterocycles. The third kappa shape index (κ3) is 1.89. The molecule has 0 radical (unpaired) electrons. The van der Waals surface area contributed by atoms with E-state index in [-0.39, 0.29) is 6.04 Å². The molecule has 1 aliphatic rings. The Morgan fingerprint density at radius 2 is 2.33 bits per heavy atom. The van der Waals surface area contributed by atoms with E-state index in [1.807, 2.05) is 0 Å². The summed E-state index contributed by atoms with van der Waals surface area (Å²) < 4.78 is 5.74. The largest absolute Gasteiger partial charge is 0.493 e. The Balaban J connectivity index is 2.09. The Bertz CT molecular complexity index is 559. The van der Waals surface area contributed by atoms with E-state index < -0.39 is 0 Å². The van der Waals surface area contributed by atoms with Crippen molar-refractivity contribution in [2.75, 3.05) is 6.61 Å². The number of nitrogens with two attached hydrogens (primary N) is 1. The first-order chi connectivity index (χ1) is 8.79. The fourth-order valence-corrected chi connectivity index (χ4v) is 2.76. The predicted octanol–water partition coefficient (Wildman–Crippen LogP) is 2.77. The number of aromatic amines is 1. The molecule has 1 aromatic carbocycles. The van der Waals surface area contributed by atoms with E-state index in [4.69, 9.17) is 10.5 Å². The zero-order valence-electron chi connectivity index (χ0n) is 10.8. The Morgan fingerprint density at radius 1 is 1.44 bits per heavy atom. The van der Waals surface area contributed by atoms with Gasteiger partial charge in [-0.2, -0.15) is 0 Å². The molecular weight excluding hydrogens is 224 g/mol. The van der Waals surface area contributed by atoms with Crippen LogP contribution in [0.3, 0.4) is 0 Å². The van der Waals surface area contributed by atoms with Crippen LogP contribution in [0, 0.1) is 0 Å². The minimum absolute atomic E-state index is 0.240. The maximum atomic E-state index is 6.09. The second kappa shape index (κ2) is 4.65. The van der Waals surface area contributed by atoms with Crippen LogP contribution in [0.4, 0.5) is 0 Å². The molecule has 1 aliphatic heterocycles. The van der Waals surface area contributed by atoms with Crippen molar-refractivity contribution < 1.29 is 4.74 Å². The highest BCUT2D eigenvalue weighted by atomic mass is 16.5. The smallest absolute Gasteiger partial charge is 0.123 e. The van der Waals surface area contributed by atoms with Gasteiger partial charge in [0.2, 0.25) is 0 Å². The topological polar surface area (TPSA) is 51.0 Å². The predicted molar refractivity (Wildman–Crippen MR) is 74.1 cm³/mol. The molecular formula is C15H20N2O. The van der Waals surface area contributed by atoms with Crippen LogP contribution < -0.4 is 10.5 Å². The van der Waals surface area contributed by atoms with Crippen LogP contribution in [-0.4, -0.2) is 17.6 Å². The van der Waals surface area contributed by atoms with Gasteiger partial charge in [0.1, 0.15) is 5.75 Å². The third-order valence-electron chi connectivity index (χ3n) is 3.83. The summed E-state index contributed by atoms with van der Waals surface area (Å²) in [5.74, 6) is 1.06. The van der Waals surface area contributed by atoms with E-state index in [1.165, 1.54) is 22.0 Å². The van der Waals surface area contributed by atoms with E-state index in [0.717, 1.165) is 38.0 Å². The average Bonchev–Trinajstić information content (AvgIpc) is 2.82. The second-order valence-corrected chi connectivity index (χ2v) is 5.10. The number of benzene rings is 1. The highest BCUT2D eigenvalue weighted by Gasteiger charge is 2.17. The average molecular weight is 244 g/mol. The number of hydrogen-bond acceptors (Lipinski definition) is 2. The maximum Gasteiger partial charge on any atom is 0.123 e. The van der Waals surface area contributed by atoms with Crippen molar-refractivity contribution in [2.45, 2.75) is 38.6 Å². The van der Waals surface area contributed by atoms with Crippen molar-refractivity contribution in [3.05, 3.63) is 29.5 Å². The lowest BCUT2D eigenvalue weighted by atomic mass is 9.96. The summed E-state index contributed by atoms with van der Waals surface area (Å²) in [6, 6.07) is 4.43. The van der Waals surface area contributed by atoms with Gasteiger partial charge in [0, 0.05) is 28.7 Å². The third-order valence-corrected chi connectivity index (χ3v) is 3.83. The summed E-state index contributed by atoms with van der Waals surface area (Å²) >= 11 is 0. The molecule has 3 nitrogen and oxygen atoms in total. The molecule has 3 rings (SSSR count). The lowest BCUT2D eigenvalue weighted by molar-refractivity contribution is 0.289. The quantitative estimate of drug-likeness (QED) is 0.872. The molecule has 2 heterocycles. The van der Waals surface area contributed by atoms with Gasteiger partial charge in [-0.3, -0.25) is 0 Å². The fourth-order valence-electron chi connectivity index (χ4n) is 2.76. The second-order valence-electron chi connectivity index (χ2n) is 5.10. The zero-order chi connectivity index (χ0) is 12.5. The van der Waals surface area contributed by atoms with Gasteiger partial charge < -0.3 is 15.5 Å². The van der Waals surface area contributed by atoms with Crippen LogP contribution in [0.2, 0.25) is 0 Å². The van der Waals surface area contributed by atoms with E-state index in [1.54, 1.807) is 0 Å². The lowest BCUT2D eigenvalue weighted by Crippen LogP contribution is -2.21. The molecule has 0 bridgehead atoms. The number of hydrogen-bond donors (Lipinski definition) is 2. The first-order valence-electron chi connectivity index (χ1n) is 6.79. The highest BCUT2D eigenvalue weighted by molar-refractivity contribution is 5.89. The normalized spacial score (nSPS) is 16.3. The van der Waals surface area contributed by atoms with Crippen LogP contribution in [0.1, 0.15) is 30.9 Å². The van der Waals surface area contributed by atoms with Gasteiger partial charge in [-0.1, -0.05) is 6.92 Å². The van der Waals surface area contributed by atoms with Gasteiger partial charge >= 0.3 is 0 Å². The Morgan fingerprint density at radius 3 is 3.17 bits per heavy atom. The van der Waals surface area contributed by atoms with Gasteiger partial charge in [0.15, 0.2) is 0 Å². The Hall–Kier alpha value is -1.48. The van der Waals surface area contributed by atoms with Crippen molar-refractivity contribution >= 4 is 10.9 Å². The van der Waals surface area contributed by atoms with Crippen molar-refractivity contribution in [3.8, 4) is 5.75 Å². The van der Waals surface area contributed by atoms with E-state index in [2.05, 4.69) is 30.2 Å². The zero-order valence-corrected chi connectivity index (χ0v) is 10.8. The highest BCUT2D eigenvalue weighted by Crippen LogP contribution is 2.34. The van der Waals surface area contributed by atoms with E-state index in [0.29, 0.717) is 0 Å². The monoisotopic (exact) mass is 244 g/mol. The molecule has 0 unspecified atom stereocenters. The summed E-state index contributed by atoms with van der Waals surface area (Å²) in [4.78, 5) is 3.36. The molecule has 0 saturated heterocycles. The molecule has 0 amide bonds. The van der Waals surface area contributed by atoms with Crippen LogP contribution >= 0.6 is 0 Å². The van der Waals surface area contributed by atoms with Gasteiger partial charge in [0.05, 0.1) is 6.61 Å². The number of ether oxygens (including phenoxy) is 1. The molecule has 0 spiro atoms. The number of H-pyrrole nitrogens is 1. The molecule has 1 atom stereocenters. The summed E-state index contributed by atoms with van der Waals surface area (Å²) in [6.07, 6.45) is 6.27. The standard InChI is InChI=1S/C15H20N2O/c1-2-11(16)8-10-9-17-13-5-6-14-12(15(10)13)4-3-7-18-14/h5-6,9,11,17H,2-4,7-8,16H2,1H3/t11-/m1/s1. The maximum absolute atomic E-state index is 6.09. The van der Waals surface area contributed by atoms with Gasteiger partial charge in [0.25, 0.3) is 0 Å². The molecule has 2 aromatic rings. The minimum Gasteiger partial charge on any atom is -0.493 e. The first-order valence-corrected chi connectivity index (χ1v) is 6.79. The number of nitrogens with one attached hydrogen (secondary N) is 1. The summed E-state index contributed by atoms with van der Waals surface area (Å²) in [7, 11) is 0. The van der Waals surface area contributed by atoms with Crippen molar-refractivity contribution in [1.82, 2.24) is 4.98 Å². The van der Waals surface area contributed by atoms with Crippen LogP contribution in [0.15, 0.2) is 18.3 Å². The van der Waals surface area contributed by atoms with Crippen molar-refractivity contribution in [1.29, 1.82) is 0 Å². The van der Waals surface area contributed by atoms with E-state index >= 15 is 0 Å². The molecule has 96 valence electrons. The number of fused-ring (bicyclic) bond motifs is 3. The van der Waals surface area contributed by atoms with Crippen LogP contribution in [0.5, 0.6) is 5.75 Å². The molecule has 0 fully saturated rings. The van der Waals surface area contributed by atoms with E-state index in [9.17, 15) is 0 Å². The van der Waals surface area contributed by atoms with Crippen LogP contribution in [-0.2, 0) is 12.8 Å². The molecule has 0 saturated carbocycles. The fraction of sp³-hybridized carbons (Fsp3) is 0.467. The molecule has 0 aliphatic carbocycles. The SMILES string of the molecule is CC[C@@H](N)Cc1c[nH]c2ccc3c(c12)CCCO3. The molecule has 3 heteroatoms.